The molecule has 3 N–H and O–H groups in total. The molecule has 0 saturated carbocycles. The molecular weight excluding hydrogens is 236 g/mol. The number of hydrogen-bond acceptors (Lipinski definition) is 2. The fraction of sp³-hybridized carbons (Fsp3) is 0.562. The van der Waals surface area contributed by atoms with E-state index in [0.29, 0.717) is 29.9 Å². The van der Waals surface area contributed by atoms with Crippen molar-refractivity contribution < 1.29 is 4.79 Å². The van der Waals surface area contributed by atoms with E-state index in [4.69, 9.17) is 5.73 Å². The van der Waals surface area contributed by atoms with Crippen molar-refractivity contribution in [2.24, 2.45) is 23.5 Å². The van der Waals surface area contributed by atoms with Crippen LogP contribution < -0.4 is 11.1 Å². The molecule has 0 aliphatic heterocycles. The third-order valence-corrected chi connectivity index (χ3v) is 3.64. The second-order valence-corrected chi connectivity index (χ2v) is 5.77. The minimum atomic E-state index is -0.0124. The highest BCUT2D eigenvalue weighted by Gasteiger charge is 2.18. The molecule has 0 aromatic heterocycles. The predicted molar refractivity (Wildman–Crippen MR) is 79.8 cm³/mol. The molecule has 0 saturated heterocycles. The summed E-state index contributed by atoms with van der Waals surface area (Å²) in [5, 5.41) is 3.03. The van der Waals surface area contributed by atoms with Crippen LogP contribution in [0.15, 0.2) is 24.3 Å². The molecule has 106 valence electrons. The number of nitrogens with one attached hydrogen (secondary N) is 1. The zero-order valence-corrected chi connectivity index (χ0v) is 12.4. The summed E-state index contributed by atoms with van der Waals surface area (Å²) in [4.78, 5) is 12.1. The van der Waals surface area contributed by atoms with Crippen LogP contribution >= 0.6 is 0 Å². The van der Waals surface area contributed by atoms with Gasteiger partial charge in [-0.15, -0.1) is 0 Å². The Morgan fingerprint density at radius 1 is 1.21 bits per heavy atom. The summed E-state index contributed by atoms with van der Waals surface area (Å²) < 4.78 is 0. The van der Waals surface area contributed by atoms with E-state index in [1.54, 1.807) is 0 Å². The van der Waals surface area contributed by atoms with E-state index < -0.39 is 0 Å². The maximum atomic E-state index is 12.1. The second kappa shape index (κ2) is 7.29. The molecule has 0 unspecified atom stereocenters. The first-order valence-corrected chi connectivity index (χ1v) is 7.03. The summed E-state index contributed by atoms with van der Waals surface area (Å²) in [5.41, 5.74) is 7.26. The molecule has 1 aromatic carbocycles. The first-order chi connectivity index (χ1) is 8.95. The number of rotatable bonds is 6. The quantitative estimate of drug-likeness (QED) is 0.828. The number of benzene rings is 1. The number of amides is 1. The van der Waals surface area contributed by atoms with Crippen LogP contribution in [-0.2, 0) is 6.54 Å². The maximum absolute atomic E-state index is 12.1. The lowest BCUT2D eigenvalue weighted by Crippen LogP contribution is -2.34. The van der Waals surface area contributed by atoms with Gasteiger partial charge >= 0.3 is 0 Å². The first-order valence-electron chi connectivity index (χ1n) is 7.03. The number of nitrogens with two attached hydrogens (primary N) is 1. The van der Waals surface area contributed by atoms with Crippen molar-refractivity contribution in [2.75, 3.05) is 6.54 Å². The lowest BCUT2D eigenvalue weighted by molar-refractivity contribution is 0.0937. The zero-order valence-electron chi connectivity index (χ0n) is 12.4. The van der Waals surface area contributed by atoms with Gasteiger partial charge in [0.25, 0.3) is 5.91 Å². The average molecular weight is 262 g/mol. The molecule has 0 bridgehead atoms. The Kier molecular flexibility index (Phi) is 6.03. The van der Waals surface area contributed by atoms with Gasteiger partial charge < -0.3 is 11.1 Å². The van der Waals surface area contributed by atoms with E-state index in [9.17, 15) is 4.79 Å². The summed E-state index contributed by atoms with van der Waals surface area (Å²) >= 11 is 0. The standard InChI is InChI=1S/C16H26N2O/c1-11(2)15(12(3)4)10-18-16(19)14-7-5-6-13(8-14)9-17/h5-8,11-12,15H,9-10,17H2,1-4H3,(H,18,19). The first kappa shape index (κ1) is 15.7. The Morgan fingerprint density at radius 3 is 2.37 bits per heavy atom. The molecule has 0 spiro atoms. The Bertz CT molecular complexity index is 405. The van der Waals surface area contributed by atoms with E-state index in [2.05, 4.69) is 33.0 Å². The normalized spacial score (nSPS) is 11.4. The van der Waals surface area contributed by atoms with Crippen LogP contribution in [0.4, 0.5) is 0 Å². The predicted octanol–water partition coefficient (Wildman–Crippen LogP) is 2.80. The summed E-state index contributed by atoms with van der Waals surface area (Å²) in [5.74, 6) is 1.62. The zero-order chi connectivity index (χ0) is 14.4. The van der Waals surface area contributed by atoms with Gasteiger partial charge in [0.2, 0.25) is 0 Å². The van der Waals surface area contributed by atoms with Gasteiger partial charge in [0.1, 0.15) is 0 Å². The van der Waals surface area contributed by atoms with Crippen molar-refractivity contribution in [3.05, 3.63) is 35.4 Å². The number of carbonyl (C=O) groups excluding carboxylic acids is 1. The lowest BCUT2D eigenvalue weighted by atomic mass is 9.85. The minimum absolute atomic E-state index is 0.0124. The molecule has 3 nitrogen and oxygen atoms in total. The van der Waals surface area contributed by atoms with E-state index in [1.807, 2.05) is 24.3 Å². The van der Waals surface area contributed by atoms with Gasteiger partial charge in [-0.05, 0) is 35.4 Å². The third-order valence-electron chi connectivity index (χ3n) is 3.64. The maximum Gasteiger partial charge on any atom is 0.251 e. The Balaban J connectivity index is 2.64. The van der Waals surface area contributed by atoms with Gasteiger partial charge in [0, 0.05) is 18.7 Å². The van der Waals surface area contributed by atoms with E-state index in [1.165, 1.54) is 0 Å². The van der Waals surface area contributed by atoms with Crippen LogP contribution in [0.3, 0.4) is 0 Å². The molecule has 0 aliphatic carbocycles. The Labute approximate surface area is 116 Å². The van der Waals surface area contributed by atoms with Crippen molar-refractivity contribution in [2.45, 2.75) is 34.2 Å². The highest BCUT2D eigenvalue weighted by atomic mass is 16.1. The van der Waals surface area contributed by atoms with E-state index in [0.717, 1.165) is 12.1 Å². The summed E-state index contributed by atoms with van der Waals surface area (Å²) in [6.07, 6.45) is 0. The molecule has 19 heavy (non-hydrogen) atoms. The van der Waals surface area contributed by atoms with Crippen LogP contribution in [0.2, 0.25) is 0 Å². The van der Waals surface area contributed by atoms with Crippen molar-refractivity contribution in [1.82, 2.24) is 5.32 Å². The number of hydrogen-bond donors (Lipinski definition) is 2. The Hall–Kier alpha value is -1.35. The molecule has 3 heteroatoms. The van der Waals surface area contributed by atoms with Crippen molar-refractivity contribution in [3.63, 3.8) is 0 Å². The summed E-state index contributed by atoms with van der Waals surface area (Å²) in [7, 11) is 0. The molecule has 0 radical (unpaired) electrons. The SMILES string of the molecule is CC(C)C(CNC(=O)c1cccc(CN)c1)C(C)C. The highest BCUT2D eigenvalue weighted by molar-refractivity contribution is 5.94. The van der Waals surface area contributed by atoms with Crippen LogP contribution in [-0.4, -0.2) is 12.5 Å². The molecule has 0 fully saturated rings. The molecule has 1 amide bonds. The van der Waals surface area contributed by atoms with Crippen LogP contribution in [0, 0.1) is 17.8 Å². The van der Waals surface area contributed by atoms with Gasteiger partial charge in [-0.1, -0.05) is 39.8 Å². The molecular formula is C16H26N2O. The molecule has 0 atom stereocenters. The van der Waals surface area contributed by atoms with Gasteiger partial charge in [0.05, 0.1) is 0 Å². The lowest BCUT2D eigenvalue weighted by Gasteiger charge is -2.25. The monoisotopic (exact) mass is 262 g/mol. The molecule has 1 aromatic rings. The van der Waals surface area contributed by atoms with Gasteiger partial charge in [0.15, 0.2) is 0 Å². The van der Waals surface area contributed by atoms with E-state index >= 15 is 0 Å². The topological polar surface area (TPSA) is 55.1 Å². The second-order valence-electron chi connectivity index (χ2n) is 5.77. The van der Waals surface area contributed by atoms with Crippen LogP contribution in [0.25, 0.3) is 0 Å². The summed E-state index contributed by atoms with van der Waals surface area (Å²) in [6, 6.07) is 7.49. The van der Waals surface area contributed by atoms with Crippen LogP contribution in [0.1, 0.15) is 43.6 Å². The van der Waals surface area contributed by atoms with Gasteiger partial charge in [-0.2, -0.15) is 0 Å². The third kappa shape index (κ3) is 4.67. The molecule has 1 rings (SSSR count). The van der Waals surface area contributed by atoms with Crippen molar-refractivity contribution >= 4 is 5.91 Å². The average Bonchev–Trinajstić information content (AvgIpc) is 2.38. The highest BCUT2D eigenvalue weighted by Crippen LogP contribution is 2.19. The van der Waals surface area contributed by atoms with Crippen molar-refractivity contribution in [3.8, 4) is 0 Å². The van der Waals surface area contributed by atoms with Crippen molar-refractivity contribution in [1.29, 1.82) is 0 Å². The Morgan fingerprint density at radius 2 is 1.84 bits per heavy atom. The molecule has 0 heterocycles. The molecule has 0 aliphatic rings. The summed E-state index contributed by atoms with van der Waals surface area (Å²) in [6.45, 7) is 9.98. The van der Waals surface area contributed by atoms with Gasteiger partial charge in [-0.25, -0.2) is 0 Å². The fourth-order valence-corrected chi connectivity index (χ4v) is 2.39. The fourth-order valence-electron chi connectivity index (χ4n) is 2.39. The minimum Gasteiger partial charge on any atom is -0.352 e. The van der Waals surface area contributed by atoms with Crippen LogP contribution in [0.5, 0.6) is 0 Å². The number of carbonyl (C=O) groups is 1. The van der Waals surface area contributed by atoms with Gasteiger partial charge in [-0.3, -0.25) is 4.79 Å². The largest absolute Gasteiger partial charge is 0.352 e. The smallest absolute Gasteiger partial charge is 0.251 e. The van der Waals surface area contributed by atoms with E-state index in [-0.39, 0.29) is 5.91 Å².